The molecule has 6 heteroatoms. The molecule has 0 radical (unpaired) electrons. The van der Waals surface area contributed by atoms with E-state index in [9.17, 15) is 9.90 Å². The first-order valence-corrected chi connectivity index (χ1v) is 6.73. The van der Waals surface area contributed by atoms with E-state index in [0.29, 0.717) is 18.2 Å². The number of methoxy groups -OCH3 is 1. The van der Waals surface area contributed by atoms with Gasteiger partial charge in [0.25, 0.3) is 0 Å². The van der Waals surface area contributed by atoms with E-state index in [1.54, 1.807) is 7.11 Å². The number of anilines is 1. The Kier molecular flexibility index (Phi) is 3.83. The Morgan fingerprint density at radius 2 is 2.20 bits per heavy atom. The summed E-state index contributed by atoms with van der Waals surface area (Å²) in [5, 5.41) is 9.61. The smallest absolute Gasteiger partial charge is 0.326 e. The van der Waals surface area contributed by atoms with Gasteiger partial charge < -0.3 is 14.7 Å². The minimum Gasteiger partial charge on any atom is -0.481 e. The van der Waals surface area contributed by atoms with Gasteiger partial charge in [-0.2, -0.15) is 0 Å². The summed E-state index contributed by atoms with van der Waals surface area (Å²) < 4.78 is 5.20. The van der Waals surface area contributed by atoms with Crippen molar-refractivity contribution in [3.8, 4) is 5.88 Å². The van der Waals surface area contributed by atoms with E-state index < -0.39 is 12.0 Å². The number of piperidine rings is 1. The molecule has 0 amide bonds. The number of carboxylic acids is 1. The number of rotatable bonds is 3. The van der Waals surface area contributed by atoms with Crippen molar-refractivity contribution in [3.05, 3.63) is 11.9 Å². The summed E-state index contributed by atoms with van der Waals surface area (Å²) in [6.07, 6.45) is 3.26. The molecule has 1 atom stereocenters. The molecule has 110 valence electrons. The molecule has 1 aliphatic heterocycles. The van der Waals surface area contributed by atoms with Gasteiger partial charge in [-0.25, -0.2) is 14.8 Å². The van der Waals surface area contributed by atoms with Gasteiger partial charge in [0.1, 0.15) is 18.2 Å². The van der Waals surface area contributed by atoms with Crippen LogP contribution in [0.25, 0.3) is 0 Å². The lowest BCUT2D eigenvalue weighted by Gasteiger charge is -2.44. The number of aromatic nitrogens is 2. The quantitative estimate of drug-likeness (QED) is 0.910. The van der Waals surface area contributed by atoms with Crippen molar-refractivity contribution in [3.63, 3.8) is 0 Å². The van der Waals surface area contributed by atoms with Crippen molar-refractivity contribution in [2.24, 2.45) is 5.41 Å². The van der Waals surface area contributed by atoms with Gasteiger partial charge in [0, 0.05) is 6.54 Å². The van der Waals surface area contributed by atoms with E-state index in [4.69, 9.17) is 4.74 Å². The van der Waals surface area contributed by atoms with Crippen molar-refractivity contribution in [2.45, 2.75) is 39.7 Å². The highest BCUT2D eigenvalue weighted by Crippen LogP contribution is 2.38. The first-order valence-electron chi connectivity index (χ1n) is 6.73. The Balaban J connectivity index is 2.47. The Labute approximate surface area is 118 Å². The molecule has 6 nitrogen and oxygen atoms in total. The topological polar surface area (TPSA) is 75.6 Å². The van der Waals surface area contributed by atoms with Crippen LogP contribution in [-0.4, -0.2) is 40.7 Å². The van der Waals surface area contributed by atoms with E-state index in [2.05, 4.69) is 9.97 Å². The zero-order valence-electron chi connectivity index (χ0n) is 12.4. The van der Waals surface area contributed by atoms with Crippen LogP contribution < -0.4 is 9.64 Å². The second-order valence-electron chi connectivity index (χ2n) is 5.86. The molecule has 1 N–H and O–H groups in total. The largest absolute Gasteiger partial charge is 0.481 e. The molecular weight excluding hydrogens is 258 g/mol. The van der Waals surface area contributed by atoms with E-state index in [-0.39, 0.29) is 5.41 Å². The second kappa shape index (κ2) is 5.26. The first kappa shape index (κ1) is 14.6. The highest BCUT2D eigenvalue weighted by Gasteiger charge is 2.43. The van der Waals surface area contributed by atoms with Crippen molar-refractivity contribution in [1.29, 1.82) is 0 Å². The standard InChI is InChI=1S/C14H21N3O3/c1-9-11(15-8-16-12(9)20-4)17-7-5-6-14(2,3)10(17)13(18)19/h8,10H,5-7H2,1-4H3,(H,18,19). The third-order valence-corrected chi connectivity index (χ3v) is 3.98. The summed E-state index contributed by atoms with van der Waals surface area (Å²) >= 11 is 0. The number of aliphatic carboxylic acids is 1. The predicted molar refractivity (Wildman–Crippen MR) is 75.1 cm³/mol. The molecule has 0 saturated carbocycles. The second-order valence-corrected chi connectivity index (χ2v) is 5.86. The fraction of sp³-hybridized carbons (Fsp3) is 0.643. The summed E-state index contributed by atoms with van der Waals surface area (Å²) in [6, 6.07) is -0.588. The third-order valence-electron chi connectivity index (χ3n) is 3.98. The molecule has 0 bridgehead atoms. The molecular formula is C14H21N3O3. The van der Waals surface area contributed by atoms with E-state index in [1.807, 2.05) is 25.7 Å². The van der Waals surface area contributed by atoms with Crippen molar-refractivity contribution in [2.75, 3.05) is 18.6 Å². The predicted octanol–water partition coefficient (Wildman–Crippen LogP) is 1.87. The van der Waals surface area contributed by atoms with Gasteiger partial charge in [-0.1, -0.05) is 13.8 Å². The van der Waals surface area contributed by atoms with Crippen LogP contribution in [0.1, 0.15) is 32.3 Å². The first-order chi connectivity index (χ1) is 9.38. The van der Waals surface area contributed by atoms with E-state index in [0.717, 1.165) is 18.4 Å². The van der Waals surface area contributed by atoms with Crippen LogP contribution in [0.4, 0.5) is 5.82 Å². The van der Waals surface area contributed by atoms with Crippen LogP contribution in [0.3, 0.4) is 0 Å². The van der Waals surface area contributed by atoms with Crippen LogP contribution in [0.5, 0.6) is 5.88 Å². The number of carboxylic acid groups (broad SMARTS) is 1. The zero-order valence-corrected chi connectivity index (χ0v) is 12.4. The number of hydrogen-bond donors (Lipinski definition) is 1. The lowest BCUT2D eigenvalue weighted by molar-refractivity contribution is -0.142. The van der Waals surface area contributed by atoms with E-state index in [1.165, 1.54) is 6.33 Å². The van der Waals surface area contributed by atoms with E-state index >= 15 is 0 Å². The van der Waals surface area contributed by atoms with Gasteiger partial charge in [0.05, 0.1) is 12.7 Å². The minimum atomic E-state index is -0.813. The lowest BCUT2D eigenvalue weighted by atomic mass is 9.76. The minimum absolute atomic E-state index is 0.297. The molecule has 1 fully saturated rings. The molecule has 0 aromatic carbocycles. The van der Waals surface area contributed by atoms with Crippen LogP contribution >= 0.6 is 0 Å². The molecule has 2 rings (SSSR count). The highest BCUT2D eigenvalue weighted by molar-refractivity contribution is 5.79. The molecule has 1 unspecified atom stereocenters. The summed E-state index contributed by atoms with van der Waals surface area (Å²) in [5.41, 5.74) is 0.480. The monoisotopic (exact) mass is 279 g/mol. The van der Waals surface area contributed by atoms with Crippen LogP contribution in [-0.2, 0) is 4.79 Å². The summed E-state index contributed by atoms with van der Waals surface area (Å²) in [6.45, 7) is 6.52. The molecule has 0 spiro atoms. The van der Waals surface area contributed by atoms with Gasteiger partial charge >= 0.3 is 5.97 Å². The molecule has 0 aliphatic carbocycles. The molecule has 20 heavy (non-hydrogen) atoms. The Morgan fingerprint density at radius 3 is 2.80 bits per heavy atom. The van der Waals surface area contributed by atoms with Crippen molar-refractivity contribution in [1.82, 2.24) is 9.97 Å². The Bertz CT molecular complexity index is 516. The maximum Gasteiger partial charge on any atom is 0.326 e. The molecule has 1 aromatic heterocycles. The van der Waals surface area contributed by atoms with Crippen LogP contribution in [0.2, 0.25) is 0 Å². The maximum atomic E-state index is 11.7. The number of carbonyl (C=O) groups is 1. The van der Waals surface area contributed by atoms with Crippen LogP contribution in [0.15, 0.2) is 6.33 Å². The van der Waals surface area contributed by atoms with Gasteiger partial charge in [-0.3, -0.25) is 0 Å². The summed E-state index contributed by atoms with van der Waals surface area (Å²) in [5.74, 6) is 0.325. The Hall–Kier alpha value is -1.85. The number of hydrogen-bond acceptors (Lipinski definition) is 5. The number of nitrogens with zero attached hydrogens (tertiary/aromatic N) is 3. The molecule has 2 heterocycles. The third kappa shape index (κ3) is 2.42. The fourth-order valence-electron chi connectivity index (χ4n) is 3.01. The van der Waals surface area contributed by atoms with Gasteiger partial charge in [-0.05, 0) is 25.2 Å². The Morgan fingerprint density at radius 1 is 1.50 bits per heavy atom. The fourth-order valence-corrected chi connectivity index (χ4v) is 3.01. The summed E-state index contributed by atoms with van der Waals surface area (Å²) in [7, 11) is 1.55. The molecule has 1 saturated heterocycles. The van der Waals surface area contributed by atoms with Gasteiger partial charge in [-0.15, -0.1) is 0 Å². The van der Waals surface area contributed by atoms with Crippen molar-refractivity contribution < 1.29 is 14.6 Å². The number of ether oxygens (including phenoxy) is 1. The van der Waals surface area contributed by atoms with Crippen molar-refractivity contribution >= 4 is 11.8 Å². The normalized spacial score (nSPS) is 21.6. The maximum absolute atomic E-state index is 11.7. The highest BCUT2D eigenvalue weighted by atomic mass is 16.5. The zero-order chi connectivity index (χ0) is 14.9. The summed E-state index contributed by atoms with van der Waals surface area (Å²) in [4.78, 5) is 21.9. The average molecular weight is 279 g/mol. The van der Waals surface area contributed by atoms with Gasteiger partial charge in [0.2, 0.25) is 5.88 Å². The average Bonchev–Trinajstić information content (AvgIpc) is 2.37. The molecule has 1 aliphatic rings. The molecule has 1 aromatic rings. The van der Waals surface area contributed by atoms with Crippen LogP contribution in [0, 0.1) is 12.3 Å². The van der Waals surface area contributed by atoms with Gasteiger partial charge in [0.15, 0.2) is 0 Å². The SMILES string of the molecule is COc1ncnc(N2CCCC(C)(C)C2C(=O)O)c1C. The lowest BCUT2D eigenvalue weighted by Crippen LogP contribution is -2.55.